The largest absolute Gasteiger partial charge is 0.305 e. The van der Waals surface area contributed by atoms with Crippen molar-refractivity contribution in [1.82, 2.24) is 4.90 Å². The monoisotopic (exact) mass is 182 g/mol. The third-order valence-corrected chi connectivity index (χ3v) is 2.25. The molecule has 0 aromatic rings. The predicted octanol–water partition coefficient (Wildman–Crippen LogP) is 2.80. The Morgan fingerprint density at radius 1 is 1.08 bits per heavy atom. The van der Waals surface area contributed by atoms with E-state index in [9.17, 15) is 0 Å². The molecule has 0 N–H and O–H groups in total. The molecule has 2 nitrogen and oxygen atoms in total. The minimum Gasteiger partial charge on any atom is -0.305 e. The fourth-order valence-electron chi connectivity index (χ4n) is 1.34. The van der Waals surface area contributed by atoms with E-state index in [4.69, 9.17) is 5.26 Å². The summed E-state index contributed by atoms with van der Waals surface area (Å²) in [5.41, 5.74) is 0. The molecular weight excluding hydrogens is 160 g/mol. The van der Waals surface area contributed by atoms with E-state index in [0.29, 0.717) is 6.42 Å². The molecule has 2 heteroatoms. The number of unbranched alkanes of at least 4 members (excludes halogenated alkanes) is 4. The topological polar surface area (TPSA) is 27.0 Å². The maximum absolute atomic E-state index is 8.38. The minimum absolute atomic E-state index is 0.658. The lowest BCUT2D eigenvalue weighted by Gasteiger charge is -2.13. The van der Waals surface area contributed by atoms with Crippen LogP contribution in [0.1, 0.15) is 45.4 Å². The van der Waals surface area contributed by atoms with Gasteiger partial charge in [-0.1, -0.05) is 32.6 Å². The molecule has 0 fully saturated rings. The molecule has 0 aromatic carbocycles. The molecule has 0 heterocycles. The molecule has 0 saturated carbocycles. The number of hydrogen-bond acceptors (Lipinski definition) is 2. The average molecular weight is 182 g/mol. The molecule has 0 atom stereocenters. The van der Waals surface area contributed by atoms with E-state index in [-0.39, 0.29) is 0 Å². The zero-order valence-electron chi connectivity index (χ0n) is 9.05. The molecule has 13 heavy (non-hydrogen) atoms. The summed E-state index contributed by atoms with van der Waals surface area (Å²) >= 11 is 0. The van der Waals surface area contributed by atoms with Crippen LogP contribution in [0.25, 0.3) is 0 Å². The van der Waals surface area contributed by atoms with Gasteiger partial charge in [-0.15, -0.1) is 0 Å². The van der Waals surface area contributed by atoms with Crippen LogP contribution in [0.3, 0.4) is 0 Å². The van der Waals surface area contributed by atoms with E-state index >= 15 is 0 Å². The van der Waals surface area contributed by atoms with Gasteiger partial charge in [0.2, 0.25) is 0 Å². The van der Waals surface area contributed by atoms with Crippen molar-refractivity contribution in [2.75, 3.05) is 20.1 Å². The number of rotatable bonds is 8. The molecule has 0 radical (unpaired) electrons. The first-order valence-corrected chi connectivity index (χ1v) is 5.36. The molecular formula is C11H22N2. The van der Waals surface area contributed by atoms with Crippen molar-refractivity contribution in [1.29, 1.82) is 5.26 Å². The van der Waals surface area contributed by atoms with Gasteiger partial charge in [0.15, 0.2) is 0 Å². The minimum atomic E-state index is 0.658. The van der Waals surface area contributed by atoms with Crippen LogP contribution < -0.4 is 0 Å². The van der Waals surface area contributed by atoms with E-state index in [2.05, 4.69) is 24.9 Å². The summed E-state index contributed by atoms with van der Waals surface area (Å²) in [5.74, 6) is 0. The van der Waals surface area contributed by atoms with E-state index < -0.39 is 0 Å². The van der Waals surface area contributed by atoms with Crippen LogP contribution in [0.15, 0.2) is 0 Å². The highest BCUT2D eigenvalue weighted by atomic mass is 15.1. The molecule has 0 spiro atoms. The van der Waals surface area contributed by atoms with Crippen LogP contribution in [-0.4, -0.2) is 25.0 Å². The first kappa shape index (κ1) is 12.4. The van der Waals surface area contributed by atoms with Gasteiger partial charge in [-0.05, 0) is 20.0 Å². The quantitative estimate of drug-likeness (QED) is 0.540. The molecule has 0 amide bonds. The number of hydrogen-bond donors (Lipinski definition) is 0. The molecule has 0 unspecified atom stereocenters. The van der Waals surface area contributed by atoms with E-state index in [1.165, 1.54) is 32.1 Å². The van der Waals surface area contributed by atoms with E-state index in [1.807, 2.05) is 0 Å². The Bertz CT molecular complexity index is 138. The Morgan fingerprint density at radius 2 is 1.77 bits per heavy atom. The van der Waals surface area contributed by atoms with Crippen LogP contribution in [0.2, 0.25) is 0 Å². The Kier molecular flexibility index (Phi) is 9.13. The lowest BCUT2D eigenvalue weighted by molar-refractivity contribution is 0.331. The van der Waals surface area contributed by atoms with Gasteiger partial charge in [-0.2, -0.15) is 5.26 Å². The van der Waals surface area contributed by atoms with E-state index in [1.54, 1.807) is 0 Å². The lowest BCUT2D eigenvalue weighted by Crippen LogP contribution is -2.20. The summed E-state index contributed by atoms with van der Waals surface area (Å²) in [5, 5.41) is 8.38. The van der Waals surface area contributed by atoms with Gasteiger partial charge in [0, 0.05) is 13.0 Å². The first-order chi connectivity index (χ1) is 6.31. The van der Waals surface area contributed by atoms with Crippen LogP contribution in [0.5, 0.6) is 0 Å². The Labute approximate surface area is 82.5 Å². The molecule has 0 rings (SSSR count). The highest BCUT2D eigenvalue weighted by Crippen LogP contribution is 2.03. The Morgan fingerprint density at radius 3 is 2.38 bits per heavy atom. The van der Waals surface area contributed by atoms with Crippen LogP contribution in [-0.2, 0) is 0 Å². The van der Waals surface area contributed by atoms with Gasteiger partial charge < -0.3 is 4.90 Å². The van der Waals surface area contributed by atoms with Crippen LogP contribution in [0, 0.1) is 11.3 Å². The van der Waals surface area contributed by atoms with Crippen molar-refractivity contribution in [2.45, 2.75) is 45.4 Å². The highest BCUT2D eigenvalue weighted by Gasteiger charge is 1.96. The molecule has 0 aliphatic rings. The van der Waals surface area contributed by atoms with Crippen molar-refractivity contribution >= 4 is 0 Å². The fraction of sp³-hybridized carbons (Fsp3) is 0.909. The van der Waals surface area contributed by atoms with Gasteiger partial charge in [-0.3, -0.25) is 0 Å². The predicted molar refractivity (Wildman–Crippen MR) is 56.5 cm³/mol. The SMILES string of the molecule is CCCCCCCN(C)CCC#N. The second-order valence-electron chi connectivity index (χ2n) is 3.63. The molecule has 0 aliphatic carbocycles. The van der Waals surface area contributed by atoms with Gasteiger partial charge in [-0.25, -0.2) is 0 Å². The maximum Gasteiger partial charge on any atom is 0.0635 e. The van der Waals surface area contributed by atoms with Gasteiger partial charge in [0.1, 0.15) is 0 Å². The third kappa shape index (κ3) is 9.36. The van der Waals surface area contributed by atoms with Crippen molar-refractivity contribution in [3.05, 3.63) is 0 Å². The summed E-state index contributed by atoms with van der Waals surface area (Å²) in [4.78, 5) is 2.25. The molecule has 0 aromatic heterocycles. The van der Waals surface area contributed by atoms with Crippen molar-refractivity contribution < 1.29 is 0 Å². The summed E-state index contributed by atoms with van der Waals surface area (Å²) in [6, 6.07) is 2.17. The van der Waals surface area contributed by atoms with Crippen LogP contribution >= 0.6 is 0 Å². The normalized spacial score (nSPS) is 10.3. The van der Waals surface area contributed by atoms with E-state index in [0.717, 1.165) is 13.1 Å². The summed E-state index contributed by atoms with van der Waals surface area (Å²) in [7, 11) is 2.09. The zero-order valence-corrected chi connectivity index (χ0v) is 9.05. The summed E-state index contributed by atoms with van der Waals surface area (Å²) < 4.78 is 0. The summed E-state index contributed by atoms with van der Waals surface area (Å²) in [6.07, 6.45) is 7.31. The number of nitrogens with zero attached hydrogens (tertiary/aromatic N) is 2. The average Bonchev–Trinajstić information content (AvgIpc) is 2.14. The first-order valence-electron chi connectivity index (χ1n) is 5.36. The molecule has 0 bridgehead atoms. The number of nitriles is 1. The third-order valence-electron chi connectivity index (χ3n) is 2.25. The maximum atomic E-state index is 8.38. The Hall–Kier alpha value is -0.550. The fourth-order valence-corrected chi connectivity index (χ4v) is 1.34. The highest BCUT2D eigenvalue weighted by molar-refractivity contribution is 4.70. The lowest BCUT2D eigenvalue weighted by atomic mass is 10.1. The standard InChI is InChI=1S/C11H22N2/c1-3-4-5-6-7-10-13(2)11-8-9-12/h3-8,10-11H2,1-2H3. The summed E-state index contributed by atoms with van der Waals surface area (Å²) in [6.45, 7) is 4.30. The Balaban J connectivity index is 3.08. The van der Waals surface area contributed by atoms with Gasteiger partial charge in [0.05, 0.1) is 6.07 Å². The smallest absolute Gasteiger partial charge is 0.0635 e. The second kappa shape index (κ2) is 9.54. The van der Waals surface area contributed by atoms with Gasteiger partial charge in [0.25, 0.3) is 0 Å². The van der Waals surface area contributed by atoms with Crippen molar-refractivity contribution in [3.63, 3.8) is 0 Å². The molecule has 76 valence electrons. The van der Waals surface area contributed by atoms with Crippen molar-refractivity contribution in [2.24, 2.45) is 0 Å². The second-order valence-corrected chi connectivity index (χ2v) is 3.63. The molecule has 0 saturated heterocycles. The van der Waals surface area contributed by atoms with Crippen LogP contribution in [0.4, 0.5) is 0 Å². The zero-order chi connectivity index (χ0) is 9.94. The van der Waals surface area contributed by atoms with Crippen molar-refractivity contribution in [3.8, 4) is 6.07 Å². The van der Waals surface area contributed by atoms with Gasteiger partial charge >= 0.3 is 0 Å². The molecule has 0 aliphatic heterocycles.